The number of hydrogen-bond donors (Lipinski definition) is 3. The summed E-state index contributed by atoms with van der Waals surface area (Å²) in [7, 11) is 0. The molecule has 0 aromatic heterocycles. The van der Waals surface area contributed by atoms with Crippen LogP contribution in [0.3, 0.4) is 0 Å². The van der Waals surface area contributed by atoms with E-state index in [0.29, 0.717) is 0 Å². The van der Waals surface area contributed by atoms with Gasteiger partial charge in [0.15, 0.2) is 0 Å². The van der Waals surface area contributed by atoms with Gasteiger partial charge in [0.1, 0.15) is 0 Å². The van der Waals surface area contributed by atoms with E-state index in [9.17, 15) is 0 Å². The van der Waals surface area contributed by atoms with E-state index >= 15 is 0 Å². The van der Waals surface area contributed by atoms with Crippen LogP contribution in [0.4, 0.5) is 0 Å². The van der Waals surface area contributed by atoms with E-state index in [1.54, 1.807) is 0 Å². The summed E-state index contributed by atoms with van der Waals surface area (Å²) in [6, 6.07) is 0. The van der Waals surface area contributed by atoms with Crippen molar-refractivity contribution in [3.05, 3.63) is 30.6 Å². The molecule has 24 heavy (non-hydrogen) atoms. The number of rotatable bonds is 4. The molecular formula is C10H25MnN7O6. The first kappa shape index (κ1) is 27.6. The summed E-state index contributed by atoms with van der Waals surface area (Å²) >= 11 is 0. The maximum absolute atomic E-state index is 8.25. The molecule has 1 saturated heterocycles. The molecular weight excluding hydrogens is 369 g/mol. The van der Waals surface area contributed by atoms with E-state index < -0.39 is 10.2 Å². The maximum Gasteiger partial charge on any atom is 2.00 e. The van der Waals surface area contributed by atoms with Gasteiger partial charge in [0.05, 0.1) is 10.2 Å². The van der Waals surface area contributed by atoms with Crippen molar-refractivity contribution in [3.63, 3.8) is 0 Å². The van der Waals surface area contributed by atoms with E-state index in [-0.39, 0.29) is 17.1 Å². The Morgan fingerprint density at radius 2 is 1.08 bits per heavy atom. The molecule has 0 saturated carbocycles. The molecule has 13 nitrogen and oxygen atoms in total. The normalized spacial score (nSPS) is 15.8. The summed E-state index contributed by atoms with van der Waals surface area (Å²) in [6.07, 6.45) is 0. The Morgan fingerprint density at radius 3 is 1.33 bits per heavy atom. The van der Waals surface area contributed by atoms with Gasteiger partial charge in [-0.1, -0.05) is 0 Å². The quantitative estimate of drug-likeness (QED) is 0.261. The molecule has 0 atom stereocenters. The Labute approximate surface area is 150 Å². The van der Waals surface area contributed by atoms with E-state index in [4.69, 9.17) is 42.1 Å². The van der Waals surface area contributed by atoms with E-state index in [2.05, 4.69) is 15.1 Å². The number of nitrogens with two attached hydrogens (primary N) is 2. The van der Waals surface area contributed by atoms with Crippen molar-refractivity contribution < 1.29 is 27.2 Å². The van der Waals surface area contributed by atoms with Gasteiger partial charge >= 0.3 is 17.1 Å². The predicted molar refractivity (Wildman–Crippen MR) is 84.6 cm³/mol. The molecule has 1 aliphatic heterocycles. The molecule has 0 aromatic rings. The molecule has 0 aliphatic carbocycles. The molecule has 0 amide bonds. The number of nitrogens with one attached hydrogen (secondary N) is 1. The zero-order valence-electron chi connectivity index (χ0n) is 13.3. The third kappa shape index (κ3) is 25.7. The smallest absolute Gasteiger partial charge is 0.356 e. The van der Waals surface area contributed by atoms with Gasteiger partial charge in [0, 0.05) is 65.4 Å². The van der Waals surface area contributed by atoms with E-state index in [0.717, 1.165) is 65.4 Å². The molecule has 1 heterocycles. The van der Waals surface area contributed by atoms with Crippen molar-refractivity contribution in [2.45, 2.75) is 0 Å². The van der Waals surface area contributed by atoms with Crippen molar-refractivity contribution >= 4 is 0 Å². The van der Waals surface area contributed by atoms with Crippen molar-refractivity contribution in [2.75, 3.05) is 65.4 Å². The van der Waals surface area contributed by atoms with Crippen LogP contribution in [0.2, 0.25) is 0 Å². The average molecular weight is 394 g/mol. The summed E-state index contributed by atoms with van der Waals surface area (Å²) in [5, 5.41) is 32.9. The zero-order chi connectivity index (χ0) is 18.1. The van der Waals surface area contributed by atoms with Crippen LogP contribution >= 0.6 is 0 Å². The monoisotopic (exact) mass is 394 g/mol. The van der Waals surface area contributed by atoms with Crippen LogP contribution in [0.15, 0.2) is 0 Å². The summed E-state index contributed by atoms with van der Waals surface area (Å²) in [6.45, 7) is 10.1. The van der Waals surface area contributed by atoms with Gasteiger partial charge in [-0.25, -0.2) is 0 Å². The molecule has 5 N–H and O–H groups in total. The minimum absolute atomic E-state index is 0. The van der Waals surface area contributed by atoms with E-state index in [1.165, 1.54) is 0 Å². The van der Waals surface area contributed by atoms with Crippen molar-refractivity contribution in [2.24, 2.45) is 11.5 Å². The Bertz CT molecular complexity index is 279. The standard InChI is InChI=1S/C10H25N5.Mn.2NO3/c11-1-5-14-7-3-13-4-8-15(6-2-12)10-9-14;;2*2-1(3)4/h13H,1-12H2;;;/q;+2;2*-1. The topological polar surface area (TPSA) is 203 Å². The largest absolute Gasteiger partial charge is 2.00 e. The van der Waals surface area contributed by atoms with Crippen molar-refractivity contribution in [3.8, 4) is 0 Å². The van der Waals surface area contributed by atoms with Gasteiger partial charge in [-0.05, 0) is 0 Å². The molecule has 1 fully saturated rings. The van der Waals surface area contributed by atoms with Gasteiger partial charge in [-0.3, -0.25) is 9.80 Å². The second-order valence-corrected chi connectivity index (χ2v) is 4.46. The first-order valence-electron chi connectivity index (χ1n) is 7.02. The molecule has 0 aromatic carbocycles. The molecule has 143 valence electrons. The summed E-state index contributed by atoms with van der Waals surface area (Å²) in [4.78, 5) is 21.3. The Morgan fingerprint density at radius 1 is 0.792 bits per heavy atom. The number of hydrogen-bond acceptors (Lipinski definition) is 11. The molecule has 14 heteroatoms. The summed E-state index contributed by atoms with van der Waals surface area (Å²) in [5.41, 5.74) is 11.2. The van der Waals surface area contributed by atoms with Gasteiger partial charge in [-0.2, -0.15) is 0 Å². The minimum Gasteiger partial charge on any atom is -0.356 e. The SMILES string of the molecule is NCCN1CCNCCN(CCN)CC1.O=[N+]([O-])[O-].O=[N+]([O-])[O-].[Mn+2]. The van der Waals surface area contributed by atoms with Crippen LogP contribution in [-0.2, 0) is 17.1 Å². The predicted octanol–water partition coefficient (Wildman–Crippen LogP) is -2.37. The van der Waals surface area contributed by atoms with Gasteiger partial charge < -0.3 is 47.4 Å². The fourth-order valence-corrected chi connectivity index (χ4v) is 1.92. The van der Waals surface area contributed by atoms with Crippen LogP contribution in [-0.4, -0.2) is 85.4 Å². The molecule has 1 rings (SSSR count). The second-order valence-electron chi connectivity index (χ2n) is 4.46. The molecule has 0 unspecified atom stereocenters. The molecule has 0 bridgehead atoms. The van der Waals surface area contributed by atoms with E-state index in [1.807, 2.05) is 0 Å². The van der Waals surface area contributed by atoms with Crippen LogP contribution < -0.4 is 16.8 Å². The molecule has 1 aliphatic rings. The summed E-state index contributed by atoms with van der Waals surface area (Å²) in [5.74, 6) is 0. The average Bonchev–Trinajstić information content (AvgIpc) is 2.52. The zero-order valence-corrected chi connectivity index (χ0v) is 14.5. The van der Waals surface area contributed by atoms with Gasteiger partial charge in [0.25, 0.3) is 0 Å². The maximum atomic E-state index is 8.25. The Kier molecular flexibility index (Phi) is 22.7. The van der Waals surface area contributed by atoms with Crippen LogP contribution in [0.5, 0.6) is 0 Å². The summed E-state index contributed by atoms with van der Waals surface area (Å²) < 4.78 is 0. The van der Waals surface area contributed by atoms with Crippen LogP contribution in [0, 0.1) is 30.6 Å². The van der Waals surface area contributed by atoms with Crippen LogP contribution in [0.25, 0.3) is 0 Å². The first-order valence-corrected chi connectivity index (χ1v) is 7.02. The Hall–Kier alpha value is -1.28. The number of nitrogens with zero attached hydrogens (tertiary/aromatic N) is 4. The second kappa shape index (κ2) is 19.8. The van der Waals surface area contributed by atoms with Crippen molar-refractivity contribution in [1.29, 1.82) is 0 Å². The third-order valence-electron chi connectivity index (χ3n) is 2.83. The minimum atomic E-state index is -1.75. The molecule has 1 radical (unpaired) electrons. The van der Waals surface area contributed by atoms with Gasteiger partial charge in [0.2, 0.25) is 0 Å². The fourth-order valence-electron chi connectivity index (χ4n) is 1.92. The fraction of sp³-hybridized carbons (Fsp3) is 1.00. The van der Waals surface area contributed by atoms with Crippen LogP contribution in [0.1, 0.15) is 0 Å². The third-order valence-corrected chi connectivity index (χ3v) is 2.83. The van der Waals surface area contributed by atoms with Gasteiger partial charge in [-0.15, -0.1) is 0 Å². The van der Waals surface area contributed by atoms with Crippen molar-refractivity contribution in [1.82, 2.24) is 15.1 Å². The first-order chi connectivity index (χ1) is 10.8. The Balaban J connectivity index is -0.000000413. The molecule has 0 spiro atoms.